The molecule has 0 aliphatic heterocycles. The standard InChI is InChI=1S/C9H14N2OS/c1-6-7(13-5-10-6)8(12)11-9(2,3)4/h5H,1-4H3,(H,11,12). The van der Waals surface area contributed by atoms with Crippen molar-refractivity contribution in [2.75, 3.05) is 0 Å². The number of carbonyl (C=O) groups is 1. The SMILES string of the molecule is Cc1ncsc1C(=O)NC(C)(C)C. The van der Waals surface area contributed by atoms with Gasteiger partial charge >= 0.3 is 0 Å². The van der Waals surface area contributed by atoms with Crippen molar-refractivity contribution >= 4 is 17.2 Å². The van der Waals surface area contributed by atoms with Gasteiger partial charge in [-0.1, -0.05) is 0 Å². The molecule has 1 heterocycles. The summed E-state index contributed by atoms with van der Waals surface area (Å²) in [6, 6.07) is 0. The number of nitrogens with zero attached hydrogens (tertiary/aromatic N) is 1. The first-order chi connectivity index (χ1) is 5.90. The Kier molecular flexibility index (Phi) is 2.71. The monoisotopic (exact) mass is 198 g/mol. The fourth-order valence-electron chi connectivity index (χ4n) is 0.917. The number of nitrogens with one attached hydrogen (secondary N) is 1. The van der Waals surface area contributed by atoms with Crippen molar-refractivity contribution in [1.29, 1.82) is 0 Å². The quantitative estimate of drug-likeness (QED) is 0.749. The number of aryl methyl sites for hydroxylation is 1. The van der Waals surface area contributed by atoms with E-state index < -0.39 is 0 Å². The molecule has 0 saturated carbocycles. The second-order valence-corrected chi connectivity index (χ2v) is 4.83. The molecular weight excluding hydrogens is 184 g/mol. The Morgan fingerprint density at radius 1 is 1.54 bits per heavy atom. The molecule has 1 rings (SSSR count). The molecule has 0 radical (unpaired) electrons. The molecule has 0 aliphatic carbocycles. The lowest BCUT2D eigenvalue weighted by molar-refractivity contribution is 0.0923. The molecule has 0 atom stereocenters. The highest BCUT2D eigenvalue weighted by Gasteiger charge is 2.17. The molecule has 0 aliphatic rings. The van der Waals surface area contributed by atoms with E-state index in [4.69, 9.17) is 0 Å². The van der Waals surface area contributed by atoms with Crippen LogP contribution in [0.25, 0.3) is 0 Å². The normalized spacial score (nSPS) is 11.4. The average molecular weight is 198 g/mol. The van der Waals surface area contributed by atoms with Gasteiger partial charge in [-0.15, -0.1) is 11.3 Å². The van der Waals surface area contributed by atoms with Crippen LogP contribution in [0.4, 0.5) is 0 Å². The van der Waals surface area contributed by atoms with Gasteiger partial charge in [0.2, 0.25) is 0 Å². The van der Waals surface area contributed by atoms with Gasteiger partial charge in [0.05, 0.1) is 11.2 Å². The predicted octanol–water partition coefficient (Wildman–Crippen LogP) is 1.98. The minimum Gasteiger partial charge on any atom is -0.347 e. The van der Waals surface area contributed by atoms with Gasteiger partial charge in [-0.25, -0.2) is 4.98 Å². The van der Waals surface area contributed by atoms with E-state index in [-0.39, 0.29) is 11.4 Å². The Morgan fingerprint density at radius 2 is 2.15 bits per heavy atom. The lowest BCUT2D eigenvalue weighted by Gasteiger charge is -2.19. The average Bonchev–Trinajstić information content (AvgIpc) is 2.30. The summed E-state index contributed by atoms with van der Waals surface area (Å²) in [7, 11) is 0. The smallest absolute Gasteiger partial charge is 0.263 e. The predicted molar refractivity (Wildman–Crippen MR) is 54.1 cm³/mol. The Bertz CT molecular complexity index is 312. The van der Waals surface area contributed by atoms with Crippen LogP contribution in [0.15, 0.2) is 5.51 Å². The highest BCUT2D eigenvalue weighted by Crippen LogP contribution is 2.13. The molecule has 13 heavy (non-hydrogen) atoms. The van der Waals surface area contributed by atoms with E-state index in [1.54, 1.807) is 5.51 Å². The number of thiazole rings is 1. The van der Waals surface area contributed by atoms with Crippen LogP contribution in [0.5, 0.6) is 0 Å². The van der Waals surface area contributed by atoms with Crippen LogP contribution in [-0.4, -0.2) is 16.4 Å². The first-order valence-corrected chi connectivity index (χ1v) is 5.01. The zero-order valence-electron chi connectivity index (χ0n) is 8.34. The van der Waals surface area contributed by atoms with Crippen LogP contribution in [0.2, 0.25) is 0 Å². The van der Waals surface area contributed by atoms with E-state index in [0.29, 0.717) is 4.88 Å². The summed E-state index contributed by atoms with van der Waals surface area (Å²) in [5, 5.41) is 2.89. The molecule has 1 N–H and O–H groups in total. The molecule has 0 fully saturated rings. The molecule has 0 bridgehead atoms. The summed E-state index contributed by atoms with van der Waals surface area (Å²) in [4.78, 5) is 16.3. The number of amides is 1. The van der Waals surface area contributed by atoms with Gasteiger partial charge in [-0.2, -0.15) is 0 Å². The van der Waals surface area contributed by atoms with Gasteiger partial charge in [-0.05, 0) is 27.7 Å². The lowest BCUT2D eigenvalue weighted by Crippen LogP contribution is -2.40. The number of hydrogen-bond acceptors (Lipinski definition) is 3. The van der Waals surface area contributed by atoms with Crippen molar-refractivity contribution in [3.8, 4) is 0 Å². The summed E-state index contributed by atoms with van der Waals surface area (Å²) < 4.78 is 0. The highest BCUT2D eigenvalue weighted by molar-refractivity contribution is 7.11. The van der Waals surface area contributed by atoms with Gasteiger partial charge in [0.15, 0.2) is 0 Å². The van der Waals surface area contributed by atoms with Crippen molar-refractivity contribution in [1.82, 2.24) is 10.3 Å². The molecule has 0 aromatic carbocycles. The fraction of sp³-hybridized carbons (Fsp3) is 0.556. The minimum atomic E-state index is -0.187. The Balaban J connectivity index is 2.76. The van der Waals surface area contributed by atoms with Gasteiger partial charge in [0.1, 0.15) is 4.88 Å². The second kappa shape index (κ2) is 3.46. The van der Waals surface area contributed by atoms with E-state index in [0.717, 1.165) is 5.69 Å². The van der Waals surface area contributed by atoms with Crippen molar-refractivity contribution in [3.05, 3.63) is 16.1 Å². The van der Waals surface area contributed by atoms with E-state index >= 15 is 0 Å². The summed E-state index contributed by atoms with van der Waals surface area (Å²) in [6.07, 6.45) is 0. The molecule has 1 aromatic heterocycles. The van der Waals surface area contributed by atoms with Gasteiger partial charge in [0, 0.05) is 5.54 Å². The molecule has 0 spiro atoms. The van der Waals surface area contributed by atoms with Crippen LogP contribution < -0.4 is 5.32 Å². The molecule has 1 aromatic rings. The summed E-state index contributed by atoms with van der Waals surface area (Å²) >= 11 is 1.38. The third-order valence-electron chi connectivity index (χ3n) is 1.44. The number of aromatic nitrogens is 1. The zero-order chi connectivity index (χ0) is 10.1. The molecule has 1 amide bonds. The Hall–Kier alpha value is -0.900. The highest BCUT2D eigenvalue weighted by atomic mass is 32.1. The number of carbonyl (C=O) groups excluding carboxylic acids is 1. The van der Waals surface area contributed by atoms with Crippen molar-refractivity contribution in [2.45, 2.75) is 33.2 Å². The molecule has 3 nitrogen and oxygen atoms in total. The summed E-state index contributed by atoms with van der Waals surface area (Å²) in [6.45, 7) is 7.72. The third-order valence-corrected chi connectivity index (χ3v) is 2.37. The van der Waals surface area contributed by atoms with Crippen molar-refractivity contribution in [3.63, 3.8) is 0 Å². The minimum absolute atomic E-state index is 0.0347. The molecule has 0 saturated heterocycles. The van der Waals surface area contributed by atoms with E-state index in [1.807, 2.05) is 27.7 Å². The summed E-state index contributed by atoms with van der Waals surface area (Å²) in [5.41, 5.74) is 2.30. The van der Waals surface area contributed by atoms with Crippen LogP contribution >= 0.6 is 11.3 Å². The molecule has 4 heteroatoms. The van der Waals surface area contributed by atoms with Crippen LogP contribution in [0.3, 0.4) is 0 Å². The van der Waals surface area contributed by atoms with Gasteiger partial charge in [-0.3, -0.25) is 4.79 Å². The van der Waals surface area contributed by atoms with Crippen LogP contribution in [0.1, 0.15) is 36.1 Å². The molecular formula is C9H14N2OS. The van der Waals surface area contributed by atoms with E-state index in [2.05, 4.69) is 10.3 Å². The van der Waals surface area contributed by atoms with E-state index in [1.165, 1.54) is 11.3 Å². The molecule has 72 valence electrons. The third kappa shape index (κ3) is 2.81. The first kappa shape index (κ1) is 10.2. The van der Waals surface area contributed by atoms with Crippen LogP contribution in [0, 0.1) is 6.92 Å². The van der Waals surface area contributed by atoms with E-state index in [9.17, 15) is 4.79 Å². The number of hydrogen-bond donors (Lipinski definition) is 1. The fourth-order valence-corrected chi connectivity index (χ4v) is 1.61. The van der Waals surface area contributed by atoms with Gasteiger partial charge < -0.3 is 5.32 Å². The van der Waals surface area contributed by atoms with Crippen molar-refractivity contribution in [2.24, 2.45) is 0 Å². The van der Waals surface area contributed by atoms with Gasteiger partial charge in [0.25, 0.3) is 5.91 Å². The molecule has 0 unspecified atom stereocenters. The maximum absolute atomic E-state index is 11.6. The lowest BCUT2D eigenvalue weighted by atomic mass is 10.1. The maximum Gasteiger partial charge on any atom is 0.263 e. The zero-order valence-corrected chi connectivity index (χ0v) is 9.16. The summed E-state index contributed by atoms with van der Waals surface area (Å²) in [5.74, 6) is -0.0347. The van der Waals surface area contributed by atoms with Crippen molar-refractivity contribution < 1.29 is 4.79 Å². The van der Waals surface area contributed by atoms with Crippen LogP contribution in [-0.2, 0) is 0 Å². The number of rotatable bonds is 1. The largest absolute Gasteiger partial charge is 0.347 e. The topological polar surface area (TPSA) is 42.0 Å². The first-order valence-electron chi connectivity index (χ1n) is 4.13. The Labute approximate surface area is 82.2 Å². The Morgan fingerprint density at radius 3 is 2.54 bits per heavy atom. The second-order valence-electron chi connectivity index (χ2n) is 3.97. The maximum atomic E-state index is 11.6.